The first kappa shape index (κ1) is 12.6. The molecular formula is C14H16ClN3O. The Balaban J connectivity index is 1.83. The Labute approximate surface area is 116 Å². The number of aliphatic hydroxyl groups is 1. The Kier molecular flexibility index (Phi) is 3.53. The fraction of sp³-hybridized carbons (Fsp3) is 0.429. The number of aromatic nitrogens is 2. The molecule has 1 saturated carbocycles. The lowest BCUT2D eigenvalue weighted by Crippen LogP contribution is -2.22. The van der Waals surface area contributed by atoms with Crippen molar-refractivity contribution in [3.63, 3.8) is 0 Å². The highest BCUT2D eigenvalue weighted by Crippen LogP contribution is 2.28. The number of anilines is 1. The standard InChI is InChI=1S/C14H16ClN3O/c15-13-10-5-1-2-6-11(10)14(18-17-13)16-8-9-4-3-7-12(9)19/h1-2,5-6,9,12,19H,3-4,7-8H2,(H,16,18). The van der Waals surface area contributed by atoms with Gasteiger partial charge in [-0.25, -0.2) is 0 Å². The molecule has 4 nitrogen and oxygen atoms in total. The van der Waals surface area contributed by atoms with Crippen molar-refractivity contribution in [2.24, 2.45) is 5.92 Å². The van der Waals surface area contributed by atoms with Crippen molar-refractivity contribution in [3.8, 4) is 0 Å². The lowest BCUT2D eigenvalue weighted by atomic mass is 10.1. The molecule has 1 fully saturated rings. The predicted molar refractivity (Wildman–Crippen MR) is 76.4 cm³/mol. The molecule has 0 amide bonds. The smallest absolute Gasteiger partial charge is 0.159 e. The van der Waals surface area contributed by atoms with Crippen LogP contribution in [0.25, 0.3) is 10.8 Å². The van der Waals surface area contributed by atoms with Gasteiger partial charge in [-0.1, -0.05) is 42.3 Å². The van der Waals surface area contributed by atoms with Crippen molar-refractivity contribution in [1.29, 1.82) is 0 Å². The van der Waals surface area contributed by atoms with Crippen LogP contribution in [-0.4, -0.2) is 28.0 Å². The van der Waals surface area contributed by atoms with Crippen LogP contribution in [0.2, 0.25) is 5.15 Å². The van der Waals surface area contributed by atoms with Gasteiger partial charge in [0.05, 0.1) is 6.10 Å². The third-order valence-corrected chi connectivity index (χ3v) is 4.07. The fourth-order valence-corrected chi connectivity index (χ4v) is 2.89. The van der Waals surface area contributed by atoms with E-state index in [4.69, 9.17) is 11.6 Å². The summed E-state index contributed by atoms with van der Waals surface area (Å²) in [5, 5.41) is 23.5. The van der Waals surface area contributed by atoms with E-state index in [1.807, 2.05) is 24.3 Å². The maximum Gasteiger partial charge on any atom is 0.159 e. The van der Waals surface area contributed by atoms with Gasteiger partial charge in [0.2, 0.25) is 0 Å². The van der Waals surface area contributed by atoms with Gasteiger partial charge in [-0.15, -0.1) is 10.2 Å². The molecule has 3 rings (SSSR count). The third kappa shape index (κ3) is 2.51. The highest BCUT2D eigenvalue weighted by Gasteiger charge is 2.25. The van der Waals surface area contributed by atoms with Gasteiger partial charge >= 0.3 is 0 Å². The molecule has 1 aromatic carbocycles. The van der Waals surface area contributed by atoms with Gasteiger partial charge in [-0.05, 0) is 12.8 Å². The lowest BCUT2D eigenvalue weighted by molar-refractivity contribution is 0.138. The average Bonchev–Trinajstić information content (AvgIpc) is 2.84. The molecule has 0 radical (unpaired) electrons. The van der Waals surface area contributed by atoms with Crippen LogP contribution in [-0.2, 0) is 0 Å². The van der Waals surface area contributed by atoms with E-state index >= 15 is 0 Å². The first-order chi connectivity index (χ1) is 9.25. The molecule has 2 N–H and O–H groups in total. The van der Waals surface area contributed by atoms with Crippen molar-refractivity contribution >= 4 is 28.2 Å². The molecule has 2 aromatic rings. The molecule has 2 unspecified atom stereocenters. The first-order valence-corrected chi connectivity index (χ1v) is 6.96. The van der Waals surface area contributed by atoms with E-state index in [2.05, 4.69) is 15.5 Å². The molecule has 1 heterocycles. The van der Waals surface area contributed by atoms with Crippen LogP contribution in [0.4, 0.5) is 5.82 Å². The summed E-state index contributed by atoms with van der Waals surface area (Å²) in [7, 11) is 0. The molecule has 1 aliphatic rings. The molecule has 100 valence electrons. The quantitative estimate of drug-likeness (QED) is 0.906. The van der Waals surface area contributed by atoms with Crippen LogP contribution in [0, 0.1) is 5.92 Å². The Morgan fingerprint density at radius 3 is 2.74 bits per heavy atom. The minimum Gasteiger partial charge on any atom is -0.393 e. The minimum atomic E-state index is -0.195. The van der Waals surface area contributed by atoms with Crippen LogP contribution in [0.3, 0.4) is 0 Å². The predicted octanol–water partition coefficient (Wildman–Crippen LogP) is 2.86. The summed E-state index contributed by atoms with van der Waals surface area (Å²) in [4.78, 5) is 0. The molecule has 0 saturated heterocycles. The third-order valence-electron chi connectivity index (χ3n) is 3.79. The lowest BCUT2D eigenvalue weighted by Gasteiger charge is -2.16. The van der Waals surface area contributed by atoms with E-state index in [1.165, 1.54) is 0 Å². The van der Waals surface area contributed by atoms with Gasteiger partial charge in [0.15, 0.2) is 11.0 Å². The van der Waals surface area contributed by atoms with Crippen molar-refractivity contribution < 1.29 is 5.11 Å². The summed E-state index contributed by atoms with van der Waals surface area (Å²) in [6.07, 6.45) is 2.87. The van der Waals surface area contributed by atoms with Crippen LogP contribution in [0.5, 0.6) is 0 Å². The number of fused-ring (bicyclic) bond motifs is 1. The largest absolute Gasteiger partial charge is 0.393 e. The van der Waals surface area contributed by atoms with E-state index in [9.17, 15) is 5.11 Å². The number of rotatable bonds is 3. The molecule has 5 heteroatoms. The normalized spacial score (nSPS) is 22.8. The monoisotopic (exact) mass is 277 g/mol. The number of nitrogens with zero attached hydrogens (tertiary/aromatic N) is 2. The van der Waals surface area contributed by atoms with Gasteiger partial charge in [-0.2, -0.15) is 0 Å². The second-order valence-electron chi connectivity index (χ2n) is 5.02. The molecule has 2 atom stereocenters. The molecule has 1 aromatic heterocycles. The Morgan fingerprint density at radius 1 is 1.21 bits per heavy atom. The molecular weight excluding hydrogens is 262 g/mol. The van der Waals surface area contributed by atoms with Gasteiger partial charge in [0.1, 0.15) is 0 Å². The second kappa shape index (κ2) is 5.31. The summed E-state index contributed by atoms with van der Waals surface area (Å²) in [5.74, 6) is 1.04. The Hall–Kier alpha value is -1.39. The summed E-state index contributed by atoms with van der Waals surface area (Å²) >= 11 is 6.04. The van der Waals surface area contributed by atoms with Crippen molar-refractivity contribution in [1.82, 2.24) is 10.2 Å². The van der Waals surface area contributed by atoms with Crippen LogP contribution >= 0.6 is 11.6 Å². The average molecular weight is 278 g/mol. The van der Waals surface area contributed by atoms with Gasteiger partial charge in [0.25, 0.3) is 0 Å². The van der Waals surface area contributed by atoms with Gasteiger partial charge in [0, 0.05) is 23.2 Å². The number of hydrogen-bond donors (Lipinski definition) is 2. The zero-order valence-electron chi connectivity index (χ0n) is 10.5. The van der Waals surface area contributed by atoms with Crippen molar-refractivity contribution in [2.45, 2.75) is 25.4 Å². The number of aliphatic hydroxyl groups excluding tert-OH is 1. The topological polar surface area (TPSA) is 58.0 Å². The zero-order chi connectivity index (χ0) is 13.2. The zero-order valence-corrected chi connectivity index (χ0v) is 11.3. The van der Waals surface area contributed by atoms with Crippen LogP contribution in [0.1, 0.15) is 19.3 Å². The molecule has 0 aliphatic heterocycles. The van der Waals surface area contributed by atoms with Gasteiger partial charge in [-0.3, -0.25) is 0 Å². The fourth-order valence-electron chi connectivity index (χ4n) is 2.68. The number of halogens is 1. The highest BCUT2D eigenvalue weighted by atomic mass is 35.5. The maximum atomic E-state index is 9.83. The first-order valence-electron chi connectivity index (χ1n) is 6.58. The minimum absolute atomic E-state index is 0.195. The summed E-state index contributed by atoms with van der Waals surface area (Å²) in [6, 6.07) is 7.79. The number of benzene rings is 1. The van der Waals surface area contributed by atoms with Crippen molar-refractivity contribution in [3.05, 3.63) is 29.4 Å². The second-order valence-corrected chi connectivity index (χ2v) is 5.38. The van der Waals surface area contributed by atoms with Crippen LogP contribution < -0.4 is 5.32 Å². The molecule has 1 aliphatic carbocycles. The Morgan fingerprint density at radius 2 is 2.00 bits per heavy atom. The molecule has 0 bridgehead atoms. The van der Waals surface area contributed by atoms with E-state index in [0.29, 0.717) is 11.1 Å². The SMILES string of the molecule is OC1CCCC1CNc1nnc(Cl)c2ccccc12. The van der Waals surface area contributed by atoms with Gasteiger partial charge < -0.3 is 10.4 Å². The Bertz CT molecular complexity index is 590. The highest BCUT2D eigenvalue weighted by molar-refractivity contribution is 6.34. The maximum absolute atomic E-state index is 9.83. The summed E-state index contributed by atoms with van der Waals surface area (Å²) in [6.45, 7) is 0.724. The summed E-state index contributed by atoms with van der Waals surface area (Å²) in [5.41, 5.74) is 0. The molecule has 0 spiro atoms. The van der Waals surface area contributed by atoms with Crippen LogP contribution in [0.15, 0.2) is 24.3 Å². The number of nitrogens with one attached hydrogen (secondary N) is 1. The van der Waals surface area contributed by atoms with Crippen molar-refractivity contribution in [2.75, 3.05) is 11.9 Å². The molecule has 19 heavy (non-hydrogen) atoms. The number of hydrogen-bond acceptors (Lipinski definition) is 4. The van der Waals surface area contributed by atoms with E-state index in [1.54, 1.807) is 0 Å². The van der Waals surface area contributed by atoms with E-state index in [-0.39, 0.29) is 6.10 Å². The van der Waals surface area contributed by atoms with E-state index in [0.717, 1.165) is 42.4 Å². The summed E-state index contributed by atoms with van der Waals surface area (Å²) < 4.78 is 0. The van der Waals surface area contributed by atoms with E-state index < -0.39 is 0 Å².